The lowest BCUT2D eigenvalue weighted by molar-refractivity contribution is 0.654. The van der Waals surface area contributed by atoms with Crippen LogP contribution in [0.3, 0.4) is 0 Å². The Hall–Kier alpha value is -1.70. The van der Waals surface area contributed by atoms with Crippen LogP contribution in [-0.2, 0) is 0 Å². The van der Waals surface area contributed by atoms with Gasteiger partial charge in [0.15, 0.2) is 7.85 Å². The summed E-state index contributed by atoms with van der Waals surface area (Å²) in [6.07, 6.45) is 0. The molecular formula is C12H7BO. The minimum Gasteiger partial charge on any atom is -0.473 e. The van der Waals surface area contributed by atoms with Gasteiger partial charge in [0.05, 0.1) is 0 Å². The predicted octanol–water partition coefficient (Wildman–Crippen LogP) is 2.38. The largest absolute Gasteiger partial charge is 0.473 e. The van der Waals surface area contributed by atoms with Crippen molar-refractivity contribution in [2.45, 2.75) is 0 Å². The lowest BCUT2D eigenvalue weighted by atomic mass is 10.1. The molecule has 0 N–H and O–H groups in total. The molecule has 0 saturated carbocycles. The van der Waals surface area contributed by atoms with E-state index in [-0.39, 0.29) is 0 Å². The first-order valence-electron chi connectivity index (χ1n) is 4.51. The minimum absolute atomic E-state index is 0.468. The summed E-state index contributed by atoms with van der Waals surface area (Å²) in [7, 11) is 5.59. The normalized spacial score (nSPS) is 11.1. The Bertz CT molecular complexity index is 557. The molecule has 0 amide bonds. The summed E-state index contributed by atoms with van der Waals surface area (Å²) in [6, 6.07) is 14.1. The number of fused-ring (bicyclic) bond motifs is 2. The van der Waals surface area contributed by atoms with E-state index in [1.54, 1.807) is 0 Å². The zero-order valence-electron chi connectivity index (χ0n) is 7.53. The quantitative estimate of drug-likeness (QED) is 0.481. The third kappa shape index (κ3) is 1.04. The third-order valence-corrected chi connectivity index (χ3v) is 2.40. The molecule has 2 aromatic carbocycles. The molecule has 0 aliphatic rings. The van der Waals surface area contributed by atoms with Crippen LogP contribution >= 0.6 is 0 Å². The molecule has 0 aliphatic carbocycles. The van der Waals surface area contributed by atoms with Crippen LogP contribution in [0.15, 0.2) is 46.9 Å². The number of hydrogen-bond donors (Lipinski definition) is 0. The van der Waals surface area contributed by atoms with Crippen molar-refractivity contribution in [3.8, 4) is 0 Å². The summed E-state index contributed by atoms with van der Waals surface area (Å²) in [6.45, 7) is 0. The molecule has 2 radical (unpaired) electrons. The fraction of sp³-hybridized carbons (Fsp3) is 0. The van der Waals surface area contributed by atoms with E-state index in [1.807, 2.05) is 24.3 Å². The highest BCUT2D eigenvalue weighted by Crippen LogP contribution is 2.22. The van der Waals surface area contributed by atoms with Gasteiger partial charge in [-0.25, -0.2) is 0 Å². The highest BCUT2D eigenvalue weighted by Gasteiger charge is 2.01. The van der Waals surface area contributed by atoms with Gasteiger partial charge in [-0.05, 0) is 29.0 Å². The second-order valence-corrected chi connectivity index (χ2v) is 3.39. The molecule has 3 aromatic rings. The van der Waals surface area contributed by atoms with E-state index < -0.39 is 0 Å². The zero-order chi connectivity index (χ0) is 9.54. The summed E-state index contributed by atoms with van der Waals surface area (Å²) in [5, 5.41) is 3.44. The van der Waals surface area contributed by atoms with Gasteiger partial charge in [-0.1, -0.05) is 24.3 Å². The van der Waals surface area contributed by atoms with Crippen molar-refractivity contribution in [3.63, 3.8) is 0 Å². The highest BCUT2D eigenvalue weighted by atomic mass is 16.3. The SMILES string of the molecule is [B]c1cc2cc3ccccc3cc2o1. The summed E-state index contributed by atoms with van der Waals surface area (Å²) in [5.41, 5.74) is 1.32. The molecule has 3 rings (SSSR count). The van der Waals surface area contributed by atoms with Crippen molar-refractivity contribution in [1.29, 1.82) is 0 Å². The first-order valence-corrected chi connectivity index (χ1v) is 4.51. The van der Waals surface area contributed by atoms with Crippen molar-refractivity contribution in [2.75, 3.05) is 0 Å². The molecule has 1 nitrogen and oxygen atoms in total. The molecule has 0 bridgehead atoms. The Labute approximate surface area is 82.7 Å². The van der Waals surface area contributed by atoms with E-state index in [0.29, 0.717) is 5.66 Å². The predicted molar refractivity (Wildman–Crippen MR) is 59.1 cm³/mol. The van der Waals surface area contributed by atoms with Gasteiger partial charge in [0.25, 0.3) is 0 Å². The topological polar surface area (TPSA) is 13.1 Å². The summed E-state index contributed by atoms with van der Waals surface area (Å²) in [5.74, 6) is 0. The Kier molecular flexibility index (Phi) is 1.45. The summed E-state index contributed by atoms with van der Waals surface area (Å²) >= 11 is 0. The van der Waals surface area contributed by atoms with Gasteiger partial charge < -0.3 is 4.42 Å². The van der Waals surface area contributed by atoms with Crippen molar-refractivity contribution in [1.82, 2.24) is 0 Å². The molecule has 0 atom stereocenters. The maximum atomic E-state index is 5.59. The van der Waals surface area contributed by atoms with Crippen LogP contribution < -0.4 is 5.66 Å². The maximum absolute atomic E-state index is 5.59. The lowest BCUT2D eigenvalue weighted by Gasteiger charge is -1.95. The van der Waals surface area contributed by atoms with Crippen LogP contribution in [0.25, 0.3) is 21.7 Å². The van der Waals surface area contributed by atoms with Crippen molar-refractivity contribution >= 4 is 35.2 Å². The van der Waals surface area contributed by atoms with Gasteiger partial charge in [0, 0.05) is 11.0 Å². The Morgan fingerprint density at radius 2 is 1.57 bits per heavy atom. The lowest BCUT2D eigenvalue weighted by Crippen LogP contribution is -1.92. The van der Waals surface area contributed by atoms with Crippen LogP contribution in [0, 0.1) is 0 Å². The van der Waals surface area contributed by atoms with E-state index in [9.17, 15) is 0 Å². The fourth-order valence-corrected chi connectivity index (χ4v) is 1.75. The summed E-state index contributed by atoms with van der Waals surface area (Å²) < 4.78 is 5.35. The van der Waals surface area contributed by atoms with E-state index in [1.165, 1.54) is 10.8 Å². The molecule has 1 heterocycles. The van der Waals surface area contributed by atoms with Crippen LogP contribution in [0.2, 0.25) is 0 Å². The number of rotatable bonds is 0. The average molecular weight is 178 g/mol. The van der Waals surface area contributed by atoms with Crippen molar-refractivity contribution in [2.24, 2.45) is 0 Å². The second kappa shape index (κ2) is 2.64. The number of benzene rings is 2. The van der Waals surface area contributed by atoms with E-state index in [4.69, 9.17) is 12.3 Å². The van der Waals surface area contributed by atoms with Crippen LogP contribution in [0.1, 0.15) is 0 Å². The van der Waals surface area contributed by atoms with Crippen LogP contribution in [0.4, 0.5) is 0 Å². The van der Waals surface area contributed by atoms with E-state index in [0.717, 1.165) is 11.0 Å². The van der Waals surface area contributed by atoms with Gasteiger partial charge in [0.2, 0.25) is 0 Å². The van der Waals surface area contributed by atoms with Gasteiger partial charge in [-0.3, -0.25) is 0 Å². The van der Waals surface area contributed by atoms with E-state index in [2.05, 4.69) is 18.2 Å². The minimum atomic E-state index is 0.468. The Balaban J connectivity index is 2.51. The molecule has 2 heteroatoms. The molecular weight excluding hydrogens is 171 g/mol. The van der Waals surface area contributed by atoms with E-state index >= 15 is 0 Å². The maximum Gasteiger partial charge on any atom is 0.167 e. The van der Waals surface area contributed by atoms with Gasteiger partial charge >= 0.3 is 0 Å². The van der Waals surface area contributed by atoms with Crippen LogP contribution in [0.5, 0.6) is 0 Å². The molecule has 0 spiro atoms. The first kappa shape index (κ1) is 7.68. The average Bonchev–Trinajstić information content (AvgIpc) is 2.53. The first-order chi connectivity index (χ1) is 6.83. The molecule has 0 aliphatic heterocycles. The monoisotopic (exact) mass is 178 g/mol. The highest BCUT2D eigenvalue weighted by molar-refractivity contribution is 6.31. The molecule has 1 aromatic heterocycles. The van der Waals surface area contributed by atoms with Crippen molar-refractivity contribution < 1.29 is 4.42 Å². The molecule has 0 fully saturated rings. The third-order valence-electron chi connectivity index (χ3n) is 2.40. The molecule has 64 valence electrons. The smallest absolute Gasteiger partial charge is 0.167 e. The molecule has 0 saturated heterocycles. The van der Waals surface area contributed by atoms with Crippen molar-refractivity contribution in [3.05, 3.63) is 42.5 Å². The molecule has 0 unspecified atom stereocenters. The fourth-order valence-electron chi connectivity index (χ4n) is 1.75. The van der Waals surface area contributed by atoms with Crippen LogP contribution in [-0.4, -0.2) is 7.85 Å². The van der Waals surface area contributed by atoms with Gasteiger partial charge in [-0.2, -0.15) is 0 Å². The second-order valence-electron chi connectivity index (χ2n) is 3.39. The zero-order valence-corrected chi connectivity index (χ0v) is 7.53. The van der Waals surface area contributed by atoms with Gasteiger partial charge in [0.1, 0.15) is 5.58 Å². The Morgan fingerprint density at radius 3 is 2.36 bits per heavy atom. The molecule has 14 heavy (non-hydrogen) atoms. The summed E-state index contributed by atoms with van der Waals surface area (Å²) in [4.78, 5) is 0. The Morgan fingerprint density at radius 1 is 0.857 bits per heavy atom. The standard InChI is InChI=1S/C12H7BO/c13-12-7-10-5-8-3-1-2-4-9(8)6-11(10)14-12/h1-7H. The number of furan rings is 1. The van der Waals surface area contributed by atoms with Gasteiger partial charge in [-0.15, -0.1) is 0 Å². The number of hydrogen-bond acceptors (Lipinski definition) is 1.